The van der Waals surface area contributed by atoms with Crippen molar-refractivity contribution >= 4 is 5.97 Å². The first-order valence-corrected chi connectivity index (χ1v) is 10.4. The monoisotopic (exact) mass is 400 g/mol. The van der Waals surface area contributed by atoms with E-state index in [-0.39, 0.29) is 0 Å². The zero-order valence-electron chi connectivity index (χ0n) is 16.6. The van der Waals surface area contributed by atoms with Crippen LogP contribution in [0.25, 0.3) is 0 Å². The predicted octanol–water partition coefficient (Wildman–Crippen LogP) is 3.41. The van der Waals surface area contributed by atoms with E-state index in [1.54, 1.807) is 0 Å². The van der Waals surface area contributed by atoms with Crippen LogP contribution in [0.5, 0.6) is 0 Å². The summed E-state index contributed by atoms with van der Waals surface area (Å²) in [5.41, 5.74) is 0.392. The highest BCUT2D eigenvalue weighted by molar-refractivity contribution is 5.70. The molecule has 0 unspecified atom stereocenters. The highest BCUT2D eigenvalue weighted by Crippen LogP contribution is 2.60. The van der Waals surface area contributed by atoms with E-state index < -0.39 is 12.1 Å². The van der Waals surface area contributed by atoms with Gasteiger partial charge in [-0.15, -0.1) is 10.2 Å². The van der Waals surface area contributed by atoms with Gasteiger partial charge in [0.1, 0.15) is 17.6 Å². The third kappa shape index (κ3) is 4.20. The zero-order chi connectivity index (χ0) is 20.5. The van der Waals surface area contributed by atoms with Gasteiger partial charge in [0.05, 0.1) is 0 Å². The van der Waals surface area contributed by atoms with Crippen LogP contribution in [0.2, 0.25) is 0 Å². The van der Waals surface area contributed by atoms with Gasteiger partial charge in [-0.3, -0.25) is 0 Å². The number of carboxylic acids is 1. The third-order valence-corrected chi connectivity index (χ3v) is 6.49. The summed E-state index contributed by atoms with van der Waals surface area (Å²) in [6.45, 7) is 5.63. The number of aliphatic carboxylic acids is 1. The molecule has 8 heteroatoms. The smallest absolute Gasteiger partial charge is 0.430 e. The van der Waals surface area contributed by atoms with Crippen LogP contribution in [0.15, 0.2) is 0 Å². The third-order valence-electron chi connectivity index (χ3n) is 6.49. The minimum Gasteiger partial charge on any atom is -0.542 e. The Labute approximate surface area is 163 Å². The lowest BCUT2D eigenvalue weighted by molar-refractivity contribution is -0.344. The Morgan fingerprint density at radius 2 is 1.57 bits per heavy atom. The molecule has 1 aromatic rings. The number of aromatic nitrogens is 3. The number of carbonyl (C=O) groups excluding carboxylic acids is 1. The lowest BCUT2D eigenvalue weighted by Gasteiger charge is -2.56. The second-order valence-corrected chi connectivity index (χ2v) is 8.82. The average Bonchev–Trinajstić information content (AvgIpc) is 2.98. The van der Waals surface area contributed by atoms with Gasteiger partial charge in [-0.05, 0) is 69.1 Å². The summed E-state index contributed by atoms with van der Waals surface area (Å²) in [5.74, 6) is 2.55. The van der Waals surface area contributed by atoms with E-state index in [1.165, 1.54) is 63.0 Å². The minimum atomic E-state index is -5.19. The molecule has 28 heavy (non-hydrogen) atoms. The summed E-state index contributed by atoms with van der Waals surface area (Å²) in [6.07, 6.45) is 6.94. The number of alkyl halides is 3. The lowest BCUT2D eigenvalue weighted by Crippen LogP contribution is -2.49. The molecule has 0 N–H and O–H groups in total. The molecule has 1 aromatic heterocycles. The molecular formula is C20H29F3N3O2-. The van der Waals surface area contributed by atoms with Crippen molar-refractivity contribution in [2.75, 3.05) is 0 Å². The maximum atomic E-state index is 10.5. The largest absolute Gasteiger partial charge is 0.542 e. The fraction of sp³-hybridized carbons (Fsp3) is 0.850. The SMILES string of the molecule is CCCc1nnc(C23CC4CC(CC(C4)C2)C3)n1CCC.O=C([O-])C(F)(F)F. The van der Waals surface area contributed by atoms with Crippen molar-refractivity contribution < 1.29 is 23.1 Å². The molecule has 0 saturated heterocycles. The molecule has 5 rings (SSSR count). The van der Waals surface area contributed by atoms with E-state index in [2.05, 4.69) is 23.5 Å². The summed E-state index contributed by atoms with van der Waals surface area (Å²) in [4.78, 5) is 8.78. The minimum absolute atomic E-state index is 0.392. The molecule has 0 amide bonds. The van der Waals surface area contributed by atoms with Gasteiger partial charge in [-0.2, -0.15) is 13.2 Å². The summed E-state index contributed by atoms with van der Waals surface area (Å²) >= 11 is 0. The number of halogens is 3. The number of hydrogen-bond acceptors (Lipinski definition) is 4. The first-order chi connectivity index (χ1) is 13.2. The van der Waals surface area contributed by atoms with Crippen molar-refractivity contribution in [3.8, 4) is 0 Å². The summed E-state index contributed by atoms with van der Waals surface area (Å²) in [7, 11) is 0. The van der Waals surface area contributed by atoms with E-state index in [4.69, 9.17) is 15.0 Å². The van der Waals surface area contributed by atoms with Crippen LogP contribution in [0, 0.1) is 17.8 Å². The maximum absolute atomic E-state index is 10.5. The van der Waals surface area contributed by atoms with Gasteiger partial charge < -0.3 is 14.5 Å². The summed E-state index contributed by atoms with van der Waals surface area (Å²) in [5, 5.41) is 18.1. The number of aryl methyl sites for hydroxylation is 1. The molecule has 4 bridgehead atoms. The van der Waals surface area contributed by atoms with Crippen molar-refractivity contribution in [3.05, 3.63) is 11.6 Å². The molecule has 0 spiro atoms. The molecule has 5 nitrogen and oxygen atoms in total. The molecule has 4 aliphatic carbocycles. The van der Waals surface area contributed by atoms with Gasteiger partial charge in [-0.25, -0.2) is 0 Å². The maximum Gasteiger partial charge on any atom is 0.430 e. The van der Waals surface area contributed by atoms with Crippen LogP contribution < -0.4 is 5.11 Å². The van der Waals surface area contributed by atoms with Gasteiger partial charge in [-0.1, -0.05) is 13.8 Å². The average molecular weight is 400 g/mol. The predicted molar refractivity (Wildman–Crippen MR) is 95.2 cm³/mol. The Hall–Kier alpha value is -1.60. The van der Waals surface area contributed by atoms with Crippen molar-refractivity contribution in [2.24, 2.45) is 17.8 Å². The second kappa shape index (κ2) is 8.03. The van der Waals surface area contributed by atoms with Gasteiger partial charge in [0.25, 0.3) is 0 Å². The number of carboxylic acid groups (broad SMARTS) is 1. The van der Waals surface area contributed by atoms with Crippen LogP contribution in [0.4, 0.5) is 13.2 Å². The molecule has 0 aromatic carbocycles. The van der Waals surface area contributed by atoms with E-state index >= 15 is 0 Å². The summed E-state index contributed by atoms with van der Waals surface area (Å²) in [6, 6.07) is 0. The van der Waals surface area contributed by atoms with Crippen molar-refractivity contribution in [2.45, 2.75) is 89.8 Å². The highest BCUT2D eigenvalue weighted by atomic mass is 19.4. The van der Waals surface area contributed by atoms with E-state index in [0.29, 0.717) is 5.41 Å². The fourth-order valence-corrected chi connectivity index (χ4v) is 5.98. The number of rotatable bonds is 5. The Kier molecular flexibility index (Phi) is 6.05. The van der Waals surface area contributed by atoms with Gasteiger partial charge >= 0.3 is 6.18 Å². The Balaban J connectivity index is 0.000000279. The molecule has 4 saturated carbocycles. The van der Waals surface area contributed by atoms with Crippen LogP contribution in [0.1, 0.15) is 76.9 Å². The van der Waals surface area contributed by atoms with Crippen LogP contribution >= 0.6 is 0 Å². The molecule has 4 aliphatic rings. The number of hydrogen-bond donors (Lipinski definition) is 0. The Bertz CT molecular complexity index is 664. The first-order valence-electron chi connectivity index (χ1n) is 10.4. The molecule has 0 aliphatic heterocycles. The Morgan fingerprint density at radius 1 is 1.07 bits per heavy atom. The van der Waals surface area contributed by atoms with Crippen LogP contribution in [0.3, 0.4) is 0 Å². The molecule has 0 atom stereocenters. The van der Waals surface area contributed by atoms with Gasteiger partial charge in [0.15, 0.2) is 0 Å². The molecule has 158 valence electrons. The van der Waals surface area contributed by atoms with E-state index in [0.717, 1.165) is 30.7 Å². The molecule has 1 heterocycles. The van der Waals surface area contributed by atoms with Crippen LogP contribution in [-0.2, 0) is 23.2 Å². The van der Waals surface area contributed by atoms with Crippen molar-refractivity contribution in [3.63, 3.8) is 0 Å². The highest BCUT2D eigenvalue weighted by Gasteiger charge is 2.53. The van der Waals surface area contributed by atoms with Crippen molar-refractivity contribution in [1.82, 2.24) is 14.8 Å². The van der Waals surface area contributed by atoms with E-state index in [9.17, 15) is 13.2 Å². The topological polar surface area (TPSA) is 70.8 Å². The van der Waals surface area contributed by atoms with E-state index in [1.807, 2.05) is 0 Å². The standard InChI is InChI=1S/C18H29N3.C2HF3O2/c1-3-5-16-19-20-17(21(16)6-4-2)18-10-13-7-14(11-18)9-15(8-13)12-18;3-2(4,5)1(6)7/h13-15H,3-12H2,1-2H3;(H,6,7)/p-1. The van der Waals surface area contributed by atoms with Crippen LogP contribution in [-0.4, -0.2) is 26.9 Å². The van der Waals surface area contributed by atoms with Gasteiger partial charge in [0, 0.05) is 18.4 Å². The van der Waals surface area contributed by atoms with Gasteiger partial charge in [0.2, 0.25) is 0 Å². The lowest BCUT2D eigenvalue weighted by atomic mass is 9.49. The Morgan fingerprint density at radius 3 is 1.96 bits per heavy atom. The molecule has 0 radical (unpaired) electrons. The summed E-state index contributed by atoms with van der Waals surface area (Å²) < 4.78 is 34.1. The molecule has 4 fully saturated rings. The number of carbonyl (C=O) groups is 1. The first kappa shape index (κ1) is 21.1. The zero-order valence-corrected chi connectivity index (χ0v) is 16.6. The van der Waals surface area contributed by atoms with Crippen molar-refractivity contribution in [1.29, 1.82) is 0 Å². The fourth-order valence-electron chi connectivity index (χ4n) is 5.98. The molecular weight excluding hydrogens is 371 g/mol. The quantitative estimate of drug-likeness (QED) is 0.759. The second-order valence-electron chi connectivity index (χ2n) is 8.82. The number of nitrogens with zero attached hydrogens (tertiary/aromatic N) is 3. The normalized spacial score (nSPS) is 30.8.